The number of amides is 1. The molecule has 3 rings (SSSR count). The van der Waals surface area contributed by atoms with Crippen molar-refractivity contribution in [1.82, 2.24) is 0 Å². The van der Waals surface area contributed by atoms with Crippen molar-refractivity contribution < 1.29 is 23.7 Å². The number of benzene rings is 3. The molecule has 3 aromatic carbocycles. The van der Waals surface area contributed by atoms with E-state index in [4.69, 9.17) is 18.9 Å². The van der Waals surface area contributed by atoms with Crippen LogP contribution >= 0.6 is 0 Å². The van der Waals surface area contributed by atoms with Crippen LogP contribution in [0.1, 0.15) is 17.3 Å². The minimum atomic E-state index is -0.246. The van der Waals surface area contributed by atoms with Crippen LogP contribution in [0.25, 0.3) is 0 Å². The number of anilines is 1. The summed E-state index contributed by atoms with van der Waals surface area (Å²) in [5, 5.41) is 2.86. The zero-order chi connectivity index (χ0) is 20.6. The molecule has 0 spiro atoms. The molecule has 0 aromatic heterocycles. The molecule has 0 aliphatic rings. The normalized spacial score (nSPS) is 10.2. The molecule has 0 atom stereocenters. The predicted octanol–water partition coefficient (Wildman–Crippen LogP) is 5.15. The van der Waals surface area contributed by atoms with Crippen LogP contribution in [-0.2, 0) is 0 Å². The summed E-state index contributed by atoms with van der Waals surface area (Å²) < 4.78 is 21.9. The number of carbonyl (C=O) groups excluding carboxylic acids is 1. The number of hydrogen-bond acceptors (Lipinski definition) is 5. The lowest BCUT2D eigenvalue weighted by molar-refractivity contribution is 0.102. The smallest absolute Gasteiger partial charge is 0.255 e. The summed E-state index contributed by atoms with van der Waals surface area (Å²) in [4.78, 5) is 12.6. The third-order valence-electron chi connectivity index (χ3n) is 4.13. The standard InChI is InChI=1S/C23H23NO5/c1-4-28-20-14-9-16(15-22(20)27-3)23(25)24-17-10-12-18(13-11-17)29-21-8-6-5-7-19(21)26-2/h5-15H,4H2,1-3H3,(H,24,25). The molecule has 0 heterocycles. The lowest BCUT2D eigenvalue weighted by atomic mass is 10.2. The fourth-order valence-electron chi connectivity index (χ4n) is 2.72. The Bertz CT molecular complexity index is 969. The number of carbonyl (C=O) groups is 1. The van der Waals surface area contributed by atoms with Crippen molar-refractivity contribution in [3.05, 3.63) is 72.3 Å². The van der Waals surface area contributed by atoms with Gasteiger partial charge in [0, 0.05) is 11.3 Å². The van der Waals surface area contributed by atoms with Gasteiger partial charge in [-0.2, -0.15) is 0 Å². The van der Waals surface area contributed by atoms with Crippen LogP contribution in [0.2, 0.25) is 0 Å². The Kier molecular flexibility index (Phi) is 6.58. The predicted molar refractivity (Wildman–Crippen MR) is 112 cm³/mol. The zero-order valence-corrected chi connectivity index (χ0v) is 16.6. The first-order chi connectivity index (χ1) is 14.1. The second-order valence-electron chi connectivity index (χ2n) is 6.03. The highest BCUT2D eigenvalue weighted by molar-refractivity contribution is 6.04. The molecule has 0 unspecified atom stereocenters. The zero-order valence-electron chi connectivity index (χ0n) is 16.6. The van der Waals surface area contributed by atoms with Crippen LogP contribution in [0.5, 0.6) is 28.7 Å². The Morgan fingerprint density at radius 3 is 2.17 bits per heavy atom. The summed E-state index contributed by atoms with van der Waals surface area (Å²) in [5.74, 6) is 2.77. The maximum Gasteiger partial charge on any atom is 0.255 e. The Morgan fingerprint density at radius 2 is 1.52 bits per heavy atom. The van der Waals surface area contributed by atoms with E-state index in [0.29, 0.717) is 46.6 Å². The van der Waals surface area contributed by atoms with Crippen molar-refractivity contribution in [1.29, 1.82) is 0 Å². The van der Waals surface area contributed by atoms with Crippen LogP contribution in [-0.4, -0.2) is 26.7 Å². The lowest BCUT2D eigenvalue weighted by Gasteiger charge is -2.12. The molecule has 6 heteroatoms. The summed E-state index contributed by atoms with van der Waals surface area (Å²) in [7, 11) is 3.14. The molecule has 3 aromatic rings. The minimum absolute atomic E-state index is 0.246. The van der Waals surface area contributed by atoms with E-state index < -0.39 is 0 Å². The average Bonchev–Trinajstić information content (AvgIpc) is 2.76. The first-order valence-electron chi connectivity index (χ1n) is 9.17. The Morgan fingerprint density at radius 1 is 0.828 bits per heavy atom. The second-order valence-corrected chi connectivity index (χ2v) is 6.03. The molecule has 0 saturated heterocycles. The summed E-state index contributed by atoms with van der Waals surface area (Å²) >= 11 is 0. The maximum atomic E-state index is 12.6. The summed E-state index contributed by atoms with van der Waals surface area (Å²) in [6.45, 7) is 2.41. The average molecular weight is 393 g/mol. The van der Waals surface area contributed by atoms with Crippen LogP contribution < -0.4 is 24.3 Å². The number of para-hydroxylation sites is 2. The van der Waals surface area contributed by atoms with Crippen molar-refractivity contribution in [3.63, 3.8) is 0 Å². The SMILES string of the molecule is CCOc1ccc(C(=O)Nc2ccc(Oc3ccccc3OC)cc2)cc1OC. The van der Waals surface area contributed by atoms with E-state index in [1.54, 1.807) is 56.7 Å². The van der Waals surface area contributed by atoms with Crippen molar-refractivity contribution in [3.8, 4) is 28.7 Å². The molecule has 150 valence electrons. The Balaban J connectivity index is 1.68. The number of hydrogen-bond donors (Lipinski definition) is 1. The molecule has 29 heavy (non-hydrogen) atoms. The summed E-state index contributed by atoms with van der Waals surface area (Å²) in [6.07, 6.45) is 0. The fraction of sp³-hybridized carbons (Fsp3) is 0.174. The molecule has 6 nitrogen and oxygen atoms in total. The molecule has 0 fully saturated rings. The van der Waals surface area contributed by atoms with Gasteiger partial charge in [0.2, 0.25) is 0 Å². The van der Waals surface area contributed by atoms with Gasteiger partial charge in [-0.15, -0.1) is 0 Å². The van der Waals surface area contributed by atoms with E-state index in [1.165, 1.54) is 0 Å². The van der Waals surface area contributed by atoms with Crippen LogP contribution in [0.15, 0.2) is 66.7 Å². The van der Waals surface area contributed by atoms with Crippen molar-refractivity contribution in [2.75, 3.05) is 26.1 Å². The van der Waals surface area contributed by atoms with Crippen LogP contribution in [0.4, 0.5) is 5.69 Å². The third kappa shape index (κ3) is 4.99. The molecule has 0 aliphatic heterocycles. The van der Waals surface area contributed by atoms with E-state index >= 15 is 0 Å². The van der Waals surface area contributed by atoms with E-state index in [-0.39, 0.29) is 5.91 Å². The Labute approximate surface area is 170 Å². The summed E-state index contributed by atoms with van der Waals surface area (Å²) in [6, 6.07) is 19.6. The monoisotopic (exact) mass is 393 g/mol. The van der Waals surface area contributed by atoms with Crippen molar-refractivity contribution in [2.45, 2.75) is 6.92 Å². The Hall–Kier alpha value is -3.67. The highest BCUT2D eigenvalue weighted by Crippen LogP contribution is 2.32. The number of methoxy groups -OCH3 is 2. The van der Waals surface area contributed by atoms with Crippen molar-refractivity contribution >= 4 is 11.6 Å². The molecular formula is C23H23NO5. The first kappa shape index (κ1) is 20.1. The maximum absolute atomic E-state index is 12.6. The van der Waals surface area contributed by atoms with Crippen LogP contribution in [0.3, 0.4) is 0 Å². The molecule has 0 saturated carbocycles. The van der Waals surface area contributed by atoms with E-state index in [0.717, 1.165) is 0 Å². The largest absolute Gasteiger partial charge is 0.493 e. The van der Waals surface area contributed by atoms with Crippen molar-refractivity contribution in [2.24, 2.45) is 0 Å². The number of rotatable bonds is 8. The van der Waals surface area contributed by atoms with Gasteiger partial charge in [-0.05, 0) is 61.5 Å². The van der Waals surface area contributed by atoms with E-state index in [9.17, 15) is 4.79 Å². The van der Waals surface area contributed by atoms with Gasteiger partial charge in [0.15, 0.2) is 23.0 Å². The highest BCUT2D eigenvalue weighted by atomic mass is 16.5. The van der Waals surface area contributed by atoms with E-state index in [1.807, 2.05) is 31.2 Å². The van der Waals surface area contributed by atoms with Gasteiger partial charge in [-0.1, -0.05) is 12.1 Å². The van der Waals surface area contributed by atoms with Gasteiger partial charge < -0.3 is 24.3 Å². The third-order valence-corrected chi connectivity index (χ3v) is 4.13. The minimum Gasteiger partial charge on any atom is -0.493 e. The quantitative estimate of drug-likeness (QED) is 0.573. The molecule has 0 radical (unpaired) electrons. The van der Waals surface area contributed by atoms with Gasteiger partial charge in [0.25, 0.3) is 5.91 Å². The summed E-state index contributed by atoms with van der Waals surface area (Å²) in [5.41, 5.74) is 1.12. The highest BCUT2D eigenvalue weighted by Gasteiger charge is 2.12. The van der Waals surface area contributed by atoms with E-state index in [2.05, 4.69) is 5.32 Å². The second kappa shape index (κ2) is 9.50. The molecular weight excluding hydrogens is 370 g/mol. The number of ether oxygens (including phenoxy) is 4. The van der Waals surface area contributed by atoms with Gasteiger partial charge in [-0.3, -0.25) is 4.79 Å². The fourth-order valence-corrected chi connectivity index (χ4v) is 2.72. The topological polar surface area (TPSA) is 66.0 Å². The van der Waals surface area contributed by atoms with Crippen LogP contribution in [0, 0.1) is 0 Å². The first-order valence-corrected chi connectivity index (χ1v) is 9.17. The van der Waals surface area contributed by atoms with Gasteiger partial charge >= 0.3 is 0 Å². The molecule has 0 bridgehead atoms. The molecule has 1 amide bonds. The number of nitrogens with one attached hydrogen (secondary N) is 1. The molecule has 0 aliphatic carbocycles. The lowest BCUT2D eigenvalue weighted by Crippen LogP contribution is -2.12. The van der Waals surface area contributed by atoms with Gasteiger partial charge in [0.1, 0.15) is 5.75 Å². The molecule has 1 N–H and O–H groups in total. The van der Waals surface area contributed by atoms with Gasteiger partial charge in [-0.25, -0.2) is 0 Å². The van der Waals surface area contributed by atoms with Gasteiger partial charge in [0.05, 0.1) is 20.8 Å².